The van der Waals surface area contributed by atoms with Crippen LogP contribution >= 0.6 is 0 Å². The average Bonchev–Trinajstić information content (AvgIpc) is 2.83. The van der Waals surface area contributed by atoms with Gasteiger partial charge in [0.05, 0.1) is 66.1 Å². The molecule has 0 saturated heterocycles. The van der Waals surface area contributed by atoms with E-state index in [0.29, 0.717) is 46.2 Å². The van der Waals surface area contributed by atoms with Gasteiger partial charge in [-0.3, -0.25) is 0 Å². The summed E-state index contributed by atoms with van der Waals surface area (Å²) in [6.07, 6.45) is 6.94. The van der Waals surface area contributed by atoms with Crippen LogP contribution in [0.1, 0.15) is 52.4 Å². The molecule has 0 heterocycles. The van der Waals surface area contributed by atoms with E-state index < -0.39 is 0 Å². The van der Waals surface area contributed by atoms with Crippen molar-refractivity contribution in [2.24, 2.45) is 0 Å². The van der Waals surface area contributed by atoms with E-state index in [-0.39, 0.29) is 26.4 Å². The van der Waals surface area contributed by atoms with Gasteiger partial charge < -0.3 is 49.2 Å². The van der Waals surface area contributed by atoms with Crippen LogP contribution in [0.5, 0.6) is 0 Å². The van der Waals surface area contributed by atoms with E-state index >= 15 is 0 Å². The maximum atomic E-state index is 8.29. The van der Waals surface area contributed by atoms with Crippen molar-refractivity contribution in [2.75, 3.05) is 101 Å². The summed E-state index contributed by atoms with van der Waals surface area (Å²) in [5.41, 5.74) is 0. The molecular weight excluding hydrogens is 436 g/mol. The fourth-order valence-electron chi connectivity index (χ4n) is 1.44. The van der Waals surface area contributed by atoms with Crippen molar-refractivity contribution in [2.45, 2.75) is 52.4 Å². The zero-order chi connectivity index (χ0) is 26.3. The number of ether oxygens (including phenoxy) is 5. The van der Waals surface area contributed by atoms with Gasteiger partial charge in [0.1, 0.15) is 0 Å². The van der Waals surface area contributed by atoms with E-state index in [1.807, 2.05) is 0 Å². The van der Waals surface area contributed by atoms with Gasteiger partial charge in [-0.15, -0.1) is 0 Å². The third kappa shape index (κ3) is 89.4. The number of aliphatic hydroxyl groups excluding tert-OH is 5. The van der Waals surface area contributed by atoms with Gasteiger partial charge in [-0.2, -0.15) is 0 Å². The van der Waals surface area contributed by atoms with Gasteiger partial charge >= 0.3 is 0 Å². The Labute approximate surface area is 202 Å². The minimum Gasteiger partial charge on any atom is -0.396 e. The first-order valence-electron chi connectivity index (χ1n) is 11.7. The van der Waals surface area contributed by atoms with Crippen molar-refractivity contribution in [3.63, 3.8) is 0 Å². The summed E-state index contributed by atoms with van der Waals surface area (Å²) in [4.78, 5) is 0. The van der Waals surface area contributed by atoms with Crippen molar-refractivity contribution in [1.82, 2.24) is 0 Å². The molecule has 0 fully saturated rings. The van der Waals surface area contributed by atoms with Crippen LogP contribution in [0.25, 0.3) is 0 Å². The molecule has 5 N–H and O–H groups in total. The number of rotatable bonds is 18. The normalized spacial score (nSPS) is 9.27. The Kier molecular flexibility index (Phi) is 75.0. The second-order valence-corrected chi connectivity index (χ2v) is 6.24. The van der Waals surface area contributed by atoms with Crippen LogP contribution in [-0.2, 0) is 23.7 Å². The van der Waals surface area contributed by atoms with E-state index in [1.165, 1.54) is 19.3 Å². The highest BCUT2D eigenvalue weighted by atomic mass is 16.5. The lowest BCUT2D eigenvalue weighted by atomic mass is 10.2. The molecule has 0 spiro atoms. The Morgan fingerprint density at radius 2 is 0.818 bits per heavy atom. The molecule has 0 radical (unpaired) electrons. The lowest BCUT2D eigenvalue weighted by molar-refractivity contribution is 0.0500. The van der Waals surface area contributed by atoms with E-state index in [2.05, 4.69) is 28.1 Å². The Hall–Kier alpha value is -0.400. The van der Waals surface area contributed by atoms with Gasteiger partial charge in [0.2, 0.25) is 0 Å². The minimum atomic E-state index is 0.0870. The van der Waals surface area contributed by atoms with Crippen molar-refractivity contribution in [3.05, 3.63) is 0 Å². The number of aliphatic hydroxyl groups is 5. The summed E-state index contributed by atoms with van der Waals surface area (Å²) in [5.74, 6) is 0. The van der Waals surface area contributed by atoms with Gasteiger partial charge in [0.25, 0.3) is 0 Å². The smallest absolute Gasteiger partial charge is 0.0701 e. The van der Waals surface area contributed by atoms with E-state index in [1.54, 1.807) is 21.3 Å². The Morgan fingerprint density at radius 3 is 1.12 bits per heavy atom. The molecule has 0 amide bonds. The summed E-state index contributed by atoms with van der Waals surface area (Å²) in [6.45, 7) is 8.84. The number of methoxy groups -OCH3 is 3. The maximum Gasteiger partial charge on any atom is 0.0701 e. The molecule has 0 rings (SSSR count). The quantitative estimate of drug-likeness (QED) is 0.177. The molecule has 0 bridgehead atoms. The summed E-state index contributed by atoms with van der Waals surface area (Å²) in [7, 11) is 4.72. The molecule has 0 aromatic carbocycles. The fraction of sp³-hybridized carbons (Fsp3) is 1.00. The van der Waals surface area contributed by atoms with Gasteiger partial charge in [-0.25, -0.2) is 0 Å². The molecule has 33 heavy (non-hydrogen) atoms. The summed E-state index contributed by atoms with van der Waals surface area (Å²) < 4.78 is 23.4. The van der Waals surface area contributed by atoms with Crippen LogP contribution in [0.3, 0.4) is 0 Å². The molecule has 0 atom stereocenters. The van der Waals surface area contributed by atoms with Crippen LogP contribution < -0.4 is 0 Å². The topological polar surface area (TPSA) is 147 Å². The highest BCUT2D eigenvalue weighted by Gasteiger charge is 1.83. The first-order chi connectivity index (χ1) is 16.1. The molecule has 208 valence electrons. The van der Waals surface area contributed by atoms with Gasteiger partial charge in [-0.1, -0.05) is 39.5 Å². The number of unbranched alkanes of at least 4 members (excludes halogenated alkanes) is 4. The third-order valence-electron chi connectivity index (χ3n) is 3.15. The van der Waals surface area contributed by atoms with Crippen LogP contribution in [0.4, 0.5) is 0 Å². The predicted octanol–water partition coefficient (Wildman–Crippen LogP) is 1.25. The largest absolute Gasteiger partial charge is 0.396 e. The zero-order valence-corrected chi connectivity index (χ0v) is 22.0. The monoisotopic (exact) mass is 492 g/mol. The Bertz CT molecular complexity index is 199. The van der Waals surface area contributed by atoms with Crippen LogP contribution in [0, 0.1) is 0 Å². The van der Waals surface area contributed by atoms with Crippen molar-refractivity contribution in [3.8, 4) is 0 Å². The number of hydrogen-bond donors (Lipinski definition) is 5. The molecular formula is C23H56O10. The molecule has 0 aliphatic heterocycles. The van der Waals surface area contributed by atoms with E-state index in [4.69, 9.17) is 35.0 Å². The Balaban J connectivity index is -0.000000100. The molecule has 0 aliphatic rings. The lowest BCUT2D eigenvalue weighted by Crippen LogP contribution is -2.05. The molecule has 0 aromatic rings. The van der Waals surface area contributed by atoms with Crippen molar-refractivity contribution in [1.29, 1.82) is 0 Å². The second-order valence-electron chi connectivity index (χ2n) is 6.24. The SMILES string of the molecule is CCCCCCO.CCCCOCCO.COCCO.COCCO.COCCOCCO. The lowest BCUT2D eigenvalue weighted by Gasteiger charge is -1.98. The third-order valence-corrected chi connectivity index (χ3v) is 3.15. The first kappa shape index (κ1) is 42.7. The van der Waals surface area contributed by atoms with E-state index in [9.17, 15) is 0 Å². The fourth-order valence-corrected chi connectivity index (χ4v) is 1.44. The Morgan fingerprint density at radius 1 is 0.394 bits per heavy atom. The molecule has 0 aliphatic carbocycles. The van der Waals surface area contributed by atoms with Crippen LogP contribution in [0.15, 0.2) is 0 Å². The summed E-state index contributed by atoms with van der Waals surface area (Å²) in [6, 6.07) is 0. The highest BCUT2D eigenvalue weighted by molar-refractivity contribution is 4.35. The van der Waals surface area contributed by atoms with Gasteiger partial charge in [0.15, 0.2) is 0 Å². The van der Waals surface area contributed by atoms with E-state index in [0.717, 1.165) is 25.9 Å². The molecule has 10 heteroatoms. The highest BCUT2D eigenvalue weighted by Crippen LogP contribution is 1.96. The van der Waals surface area contributed by atoms with Crippen LogP contribution in [0.2, 0.25) is 0 Å². The molecule has 0 unspecified atom stereocenters. The molecule has 0 aromatic heterocycles. The average molecular weight is 493 g/mol. The minimum absolute atomic E-state index is 0.0870. The second kappa shape index (κ2) is 57.9. The van der Waals surface area contributed by atoms with Gasteiger partial charge in [-0.05, 0) is 12.8 Å². The first-order valence-corrected chi connectivity index (χ1v) is 11.7. The van der Waals surface area contributed by atoms with Crippen molar-refractivity contribution >= 4 is 0 Å². The molecule has 10 nitrogen and oxygen atoms in total. The standard InChI is InChI=1S/C6H14O2.C6H14O.C5H12O3.2C3H8O2/c1-2-3-5-8-6-4-7;1-2-3-4-5-6-7;1-7-4-5-8-3-2-6;2*1-5-3-2-4/h7H,2-6H2,1H3;7H,2-6H2,1H3;6H,2-5H2,1H3;2*4H,2-3H2,1H3. The molecule has 0 saturated carbocycles. The van der Waals surface area contributed by atoms with Crippen LogP contribution in [-0.4, -0.2) is 126 Å². The predicted molar refractivity (Wildman–Crippen MR) is 132 cm³/mol. The summed E-state index contributed by atoms with van der Waals surface area (Å²) >= 11 is 0. The maximum absolute atomic E-state index is 8.29. The summed E-state index contributed by atoms with van der Waals surface area (Å²) in [5, 5.41) is 40.6. The van der Waals surface area contributed by atoms with Gasteiger partial charge in [0, 0.05) is 34.5 Å². The van der Waals surface area contributed by atoms with Crippen molar-refractivity contribution < 1.29 is 49.2 Å². The zero-order valence-electron chi connectivity index (χ0n) is 22.0. The number of hydrogen-bond acceptors (Lipinski definition) is 10.